The van der Waals surface area contributed by atoms with Crippen LogP contribution in [0.25, 0.3) is 81.5 Å². The molecule has 246 valence electrons. The molecule has 3 heterocycles. The fourth-order valence-corrected chi connectivity index (χ4v) is 10.1. The number of hydrogen-bond acceptors (Lipinski definition) is 1. The van der Waals surface area contributed by atoms with Crippen LogP contribution < -0.4 is 0 Å². The first-order valence-corrected chi connectivity index (χ1v) is 19.0. The van der Waals surface area contributed by atoms with Crippen LogP contribution in [0.3, 0.4) is 0 Å². The Balaban J connectivity index is 1.05. The minimum absolute atomic E-state index is 0.251. The van der Waals surface area contributed by atoms with Crippen molar-refractivity contribution >= 4 is 70.3 Å². The Bertz CT molecular complexity index is 3030. The average Bonchev–Trinajstić information content (AvgIpc) is 3.86. The van der Waals surface area contributed by atoms with Crippen LogP contribution in [0.5, 0.6) is 0 Å². The SMILES string of the molecule is CC1c2c(n(-c3cccc4sc5ccccc5c34)c3ccccc23)C=CC1c1ccc2c(c1)c1ccccc1n2-c1ccc(-c2ccccc2)cc1. The number of hydrogen-bond donors (Lipinski definition) is 0. The first kappa shape index (κ1) is 29.6. The molecule has 2 nitrogen and oxygen atoms in total. The van der Waals surface area contributed by atoms with Gasteiger partial charge in [-0.05, 0) is 88.8 Å². The molecule has 3 heteroatoms. The van der Waals surface area contributed by atoms with Crippen molar-refractivity contribution < 1.29 is 0 Å². The van der Waals surface area contributed by atoms with E-state index in [4.69, 9.17) is 0 Å². The molecule has 0 bridgehead atoms. The maximum atomic E-state index is 2.52. The topological polar surface area (TPSA) is 9.86 Å². The number of rotatable bonds is 4. The van der Waals surface area contributed by atoms with Crippen molar-refractivity contribution in [1.29, 1.82) is 0 Å². The third kappa shape index (κ3) is 4.30. The Morgan fingerprint density at radius 1 is 0.500 bits per heavy atom. The molecule has 10 aromatic rings. The molecule has 3 aromatic heterocycles. The third-order valence-electron chi connectivity index (χ3n) is 11.3. The Hall–Kier alpha value is -6.16. The van der Waals surface area contributed by atoms with Crippen molar-refractivity contribution in [3.63, 3.8) is 0 Å². The standard InChI is InChI=1S/C49H34N2S/c1-31-36(27-29-45-48(31)38-15-6-9-18-42(38)51(45)44-19-11-21-47-49(44)39-16-7-10-20-46(39)52-47)34-24-28-43-40(30-34)37-14-5-8-17-41(37)50(43)35-25-22-33(23-26-35)32-12-3-2-4-13-32/h2-31,36H,1H3. The highest BCUT2D eigenvalue weighted by Gasteiger charge is 2.31. The van der Waals surface area contributed by atoms with Gasteiger partial charge in [-0.15, -0.1) is 11.3 Å². The van der Waals surface area contributed by atoms with Gasteiger partial charge in [-0.1, -0.05) is 122 Å². The molecule has 2 atom stereocenters. The molecule has 0 fully saturated rings. The molecule has 7 aromatic carbocycles. The molecule has 0 N–H and O–H groups in total. The van der Waals surface area contributed by atoms with E-state index in [0.717, 1.165) is 0 Å². The molecule has 0 saturated heterocycles. The first-order chi connectivity index (χ1) is 25.7. The molecule has 0 radical (unpaired) electrons. The molecule has 0 amide bonds. The van der Waals surface area contributed by atoms with Crippen molar-refractivity contribution in [3.05, 3.63) is 187 Å². The summed E-state index contributed by atoms with van der Waals surface area (Å²) in [5.74, 6) is 0.544. The molecule has 2 unspecified atom stereocenters. The molecule has 1 aliphatic carbocycles. The molecule has 11 rings (SSSR count). The van der Waals surface area contributed by atoms with Crippen molar-refractivity contribution in [1.82, 2.24) is 9.13 Å². The summed E-state index contributed by atoms with van der Waals surface area (Å²) in [5, 5.41) is 6.59. The van der Waals surface area contributed by atoms with Gasteiger partial charge in [0, 0.05) is 47.9 Å². The van der Waals surface area contributed by atoms with E-state index in [-0.39, 0.29) is 5.92 Å². The summed E-state index contributed by atoms with van der Waals surface area (Å²) in [6.45, 7) is 2.42. The summed E-state index contributed by atoms with van der Waals surface area (Å²) in [6.07, 6.45) is 4.85. The Morgan fingerprint density at radius 2 is 1.15 bits per heavy atom. The van der Waals surface area contributed by atoms with E-state index in [2.05, 4.69) is 192 Å². The van der Waals surface area contributed by atoms with Crippen LogP contribution in [0.2, 0.25) is 0 Å². The summed E-state index contributed by atoms with van der Waals surface area (Å²) in [7, 11) is 0. The van der Waals surface area contributed by atoms with Crippen molar-refractivity contribution in [2.45, 2.75) is 18.8 Å². The predicted molar refractivity (Wildman–Crippen MR) is 223 cm³/mol. The molecular formula is C49H34N2S. The van der Waals surface area contributed by atoms with E-state index in [1.807, 2.05) is 11.3 Å². The van der Waals surface area contributed by atoms with Crippen LogP contribution in [-0.2, 0) is 0 Å². The summed E-state index contributed by atoms with van der Waals surface area (Å²) >= 11 is 1.88. The van der Waals surface area contributed by atoms with Gasteiger partial charge in [0.25, 0.3) is 0 Å². The highest BCUT2D eigenvalue weighted by atomic mass is 32.1. The number of thiophene rings is 1. The van der Waals surface area contributed by atoms with Gasteiger partial charge in [0.1, 0.15) is 0 Å². The van der Waals surface area contributed by atoms with E-state index in [1.165, 1.54) is 92.2 Å². The third-order valence-corrected chi connectivity index (χ3v) is 12.5. The normalized spacial score (nSPS) is 15.7. The maximum Gasteiger partial charge on any atom is 0.0555 e. The highest BCUT2D eigenvalue weighted by Crippen LogP contribution is 2.48. The summed E-state index contributed by atoms with van der Waals surface area (Å²) in [6, 6.07) is 60.2. The van der Waals surface area contributed by atoms with Gasteiger partial charge in [-0.25, -0.2) is 0 Å². The van der Waals surface area contributed by atoms with E-state index in [0.29, 0.717) is 5.92 Å². The monoisotopic (exact) mass is 682 g/mol. The fraction of sp³-hybridized carbons (Fsp3) is 0.0612. The lowest BCUT2D eigenvalue weighted by molar-refractivity contribution is 0.672. The van der Waals surface area contributed by atoms with Crippen molar-refractivity contribution in [3.8, 4) is 22.5 Å². The molecule has 0 spiro atoms. The zero-order valence-corrected chi connectivity index (χ0v) is 29.5. The Morgan fingerprint density at radius 3 is 1.98 bits per heavy atom. The summed E-state index contributed by atoms with van der Waals surface area (Å²) < 4.78 is 7.61. The molecule has 0 aliphatic heterocycles. The van der Waals surface area contributed by atoms with Crippen molar-refractivity contribution in [2.75, 3.05) is 0 Å². The van der Waals surface area contributed by atoms with Crippen LogP contribution in [0.1, 0.15) is 35.6 Å². The number of aromatic nitrogens is 2. The lowest BCUT2D eigenvalue weighted by Gasteiger charge is -2.27. The van der Waals surface area contributed by atoms with E-state index in [1.54, 1.807) is 0 Å². The highest BCUT2D eigenvalue weighted by molar-refractivity contribution is 7.25. The average molecular weight is 683 g/mol. The molecule has 0 saturated carbocycles. The van der Waals surface area contributed by atoms with Gasteiger partial charge in [-0.2, -0.15) is 0 Å². The van der Waals surface area contributed by atoms with Crippen LogP contribution in [-0.4, -0.2) is 9.13 Å². The number of nitrogens with zero attached hydrogens (tertiary/aromatic N) is 2. The van der Waals surface area contributed by atoms with Crippen LogP contribution in [0.15, 0.2) is 170 Å². The van der Waals surface area contributed by atoms with Gasteiger partial charge < -0.3 is 9.13 Å². The van der Waals surface area contributed by atoms with Crippen molar-refractivity contribution in [2.24, 2.45) is 0 Å². The van der Waals surface area contributed by atoms with E-state index >= 15 is 0 Å². The summed E-state index contributed by atoms with van der Waals surface area (Å²) in [5.41, 5.74) is 12.7. The number of fused-ring (bicyclic) bond motifs is 9. The lowest BCUT2D eigenvalue weighted by atomic mass is 9.78. The van der Waals surface area contributed by atoms with Gasteiger partial charge in [-0.3, -0.25) is 0 Å². The number of allylic oxidation sites excluding steroid dienone is 1. The first-order valence-electron chi connectivity index (χ1n) is 18.1. The van der Waals surface area contributed by atoms with Gasteiger partial charge >= 0.3 is 0 Å². The quantitative estimate of drug-likeness (QED) is 0.175. The predicted octanol–water partition coefficient (Wildman–Crippen LogP) is 13.7. The van der Waals surface area contributed by atoms with Crippen LogP contribution in [0.4, 0.5) is 0 Å². The molecule has 1 aliphatic rings. The lowest BCUT2D eigenvalue weighted by Crippen LogP contribution is -2.12. The molecular weight excluding hydrogens is 649 g/mol. The smallest absolute Gasteiger partial charge is 0.0555 e. The zero-order valence-electron chi connectivity index (χ0n) is 28.7. The second-order valence-corrected chi connectivity index (χ2v) is 15.2. The van der Waals surface area contributed by atoms with E-state index < -0.39 is 0 Å². The van der Waals surface area contributed by atoms with Crippen LogP contribution >= 0.6 is 11.3 Å². The van der Waals surface area contributed by atoms with Gasteiger partial charge in [0.05, 0.1) is 27.9 Å². The summed E-state index contributed by atoms with van der Waals surface area (Å²) in [4.78, 5) is 0. The van der Waals surface area contributed by atoms with Gasteiger partial charge in [0.15, 0.2) is 0 Å². The minimum atomic E-state index is 0.251. The second kappa shape index (κ2) is 11.4. The fourth-order valence-electron chi connectivity index (χ4n) is 8.98. The minimum Gasteiger partial charge on any atom is -0.309 e. The maximum absolute atomic E-state index is 2.52. The Labute approximate surface area is 306 Å². The Kier molecular flexibility index (Phi) is 6.50. The zero-order chi connectivity index (χ0) is 34.3. The van der Waals surface area contributed by atoms with Crippen LogP contribution in [0, 0.1) is 0 Å². The second-order valence-electron chi connectivity index (χ2n) is 14.1. The number of benzene rings is 7. The molecule has 52 heavy (non-hydrogen) atoms. The van der Waals surface area contributed by atoms with E-state index in [9.17, 15) is 0 Å². The largest absolute Gasteiger partial charge is 0.309 e. The van der Waals surface area contributed by atoms with Gasteiger partial charge in [0.2, 0.25) is 0 Å². The number of para-hydroxylation sites is 2.